The van der Waals surface area contributed by atoms with Crippen LogP contribution in [0, 0.1) is 33.6 Å². The van der Waals surface area contributed by atoms with Crippen molar-refractivity contribution in [2.45, 2.75) is 58.4 Å². The molecule has 1 amide bonds. The highest BCUT2D eigenvalue weighted by atomic mass is 32.2. The number of carbonyl (C=O) groups is 1. The van der Waals surface area contributed by atoms with Crippen LogP contribution in [-0.4, -0.2) is 56.8 Å². The van der Waals surface area contributed by atoms with Crippen molar-refractivity contribution in [3.8, 4) is 0 Å². The van der Waals surface area contributed by atoms with E-state index in [1.807, 2.05) is 52.0 Å². The van der Waals surface area contributed by atoms with E-state index in [1.165, 1.54) is 5.56 Å². The molecule has 0 aliphatic carbocycles. The molecule has 0 aromatic heterocycles. The summed E-state index contributed by atoms with van der Waals surface area (Å²) in [7, 11) is -1.49. The van der Waals surface area contributed by atoms with Gasteiger partial charge in [0.1, 0.15) is 0 Å². The van der Waals surface area contributed by atoms with Gasteiger partial charge in [0.2, 0.25) is 15.9 Å². The third kappa shape index (κ3) is 6.26. The van der Waals surface area contributed by atoms with E-state index in [1.54, 1.807) is 4.31 Å². The largest absolute Gasteiger partial charge is 0.356 e. The molecule has 186 valence electrons. The molecule has 0 atom stereocenters. The van der Waals surface area contributed by atoms with E-state index in [9.17, 15) is 13.2 Å². The number of piperidine rings is 1. The minimum Gasteiger partial charge on any atom is -0.356 e. The van der Waals surface area contributed by atoms with Crippen LogP contribution < -0.4 is 5.32 Å². The smallest absolute Gasteiger partial charge is 0.243 e. The number of benzene rings is 2. The lowest BCUT2D eigenvalue weighted by Gasteiger charge is -2.32. The summed E-state index contributed by atoms with van der Waals surface area (Å²) in [5.41, 5.74) is 4.90. The molecule has 0 radical (unpaired) electrons. The Balaban J connectivity index is 1.47. The maximum Gasteiger partial charge on any atom is 0.243 e. The van der Waals surface area contributed by atoms with Gasteiger partial charge in [-0.25, -0.2) is 8.42 Å². The average molecular weight is 486 g/mol. The van der Waals surface area contributed by atoms with Gasteiger partial charge in [0.05, 0.1) is 4.90 Å². The van der Waals surface area contributed by atoms with Gasteiger partial charge in [-0.1, -0.05) is 36.4 Å². The normalized spacial score (nSPS) is 15.6. The number of nitrogens with zero attached hydrogens (tertiary/aromatic N) is 2. The van der Waals surface area contributed by atoms with Crippen molar-refractivity contribution in [1.82, 2.24) is 14.5 Å². The van der Waals surface area contributed by atoms with Crippen molar-refractivity contribution >= 4 is 15.9 Å². The highest BCUT2D eigenvalue weighted by Gasteiger charge is 2.34. The third-order valence-electron chi connectivity index (χ3n) is 7.03. The predicted molar refractivity (Wildman–Crippen MR) is 137 cm³/mol. The molecule has 0 spiro atoms. The Hall–Kier alpha value is -2.22. The van der Waals surface area contributed by atoms with Crippen LogP contribution in [0.4, 0.5) is 0 Å². The monoisotopic (exact) mass is 485 g/mol. The molecule has 2 aromatic rings. The zero-order valence-electron chi connectivity index (χ0n) is 21.2. The van der Waals surface area contributed by atoms with Crippen molar-refractivity contribution in [1.29, 1.82) is 0 Å². The topological polar surface area (TPSA) is 69.7 Å². The second kappa shape index (κ2) is 11.5. The van der Waals surface area contributed by atoms with Crippen molar-refractivity contribution in [3.05, 3.63) is 64.2 Å². The molecule has 1 fully saturated rings. The molecule has 6 nitrogen and oxygen atoms in total. The molecule has 2 aromatic carbocycles. The summed E-state index contributed by atoms with van der Waals surface area (Å²) in [6, 6.07) is 12.4. The van der Waals surface area contributed by atoms with Crippen LogP contribution in [0.5, 0.6) is 0 Å². The highest BCUT2D eigenvalue weighted by Crippen LogP contribution is 2.31. The second-order valence-corrected chi connectivity index (χ2v) is 11.5. The predicted octanol–water partition coefficient (Wildman–Crippen LogP) is 3.96. The summed E-state index contributed by atoms with van der Waals surface area (Å²) >= 11 is 0. The van der Waals surface area contributed by atoms with E-state index in [0.717, 1.165) is 41.8 Å². The number of nitrogens with one attached hydrogen (secondary N) is 1. The Morgan fingerprint density at radius 1 is 1.03 bits per heavy atom. The van der Waals surface area contributed by atoms with Crippen LogP contribution in [0.25, 0.3) is 0 Å². The number of aryl methyl sites for hydroxylation is 2. The van der Waals surface area contributed by atoms with Gasteiger partial charge in [-0.2, -0.15) is 4.31 Å². The van der Waals surface area contributed by atoms with E-state index >= 15 is 0 Å². The molecular formula is C27H39N3O3S. The first-order valence-electron chi connectivity index (χ1n) is 12.2. The zero-order chi connectivity index (χ0) is 24.9. The number of rotatable bonds is 9. The molecule has 1 heterocycles. The number of hydrogen-bond acceptors (Lipinski definition) is 4. The van der Waals surface area contributed by atoms with E-state index in [0.29, 0.717) is 37.4 Å². The summed E-state index contributed by atoms with van der Waals surface area (Å²) in [4.78, 5) is 15.4. The zero-order valence-corrected chi connectivity index (χ0v) is 22.0. The summed E-state index contributed by atoms with van der Waals surface area (Å²) in [5, 5.41) is 3.06. The van der Waals surface area contributed by atoms with Gasteiger partial charge >= 0.3 is 0 Å². The van der Waals surface area contributed by atoms with Crippen LogP contribution in [0.3, 0.4) is 0 Å². The fraction of sp³-hybridized carbons (Fsp3) is 0.519. The molecule has 0 saturated carbocycles. The fourth-order valence-corrected chi connectivity index (χ4v) is 6.78. The number of carbonyl (C=O) groups excluding carboxylic acids is 1. The van der Waals surface area contributed by atoms with Gasteiger partial charge < -0.3 is 10.2 Å². The molecule has 1 aliphatic rings. The van der Waals surface area contributed by atoms with Crippen LogP contribution in [-0.2, 0) is 21.4 Å². The summed E-state index contributed by atoms with van der Waals surface area (Å²) in [5.74, 6) is -0.0866. The Bertz CT molecular complexity index is 1070. The summed E-state index contributed by atoms with van der Waals surface area (Å²) in [6.45, 7) is 10.9. The quantitative estimate of drug-likeness (QED) is 0.546. The van der Waals surface area contributed by atoms with Gasteiger partial charge in [-0.3, -0.25) is 4.79 Å². The maximum absolute atomic E-state index is 13.4. The van der Waals surface area contributed by atoms with Gasteiger partial charge in [-0.15, -0.1) is 0 Å². The van der Waals surface area contributed by atoms with Crippen molar-refractivity contribution < 1.29 is 13.2 Å². The molecule has 1 saturated heterocycles. The highest BCUT2D eigenvalue weighted by molar-refractivity contribution is 7.89. The van der Waals surface area contributed by atoms with Crippen molar-refractivity contribution in [3.63, 3.8) is 0 Å². The first-order valence-corrected chi connectivity index (χ1v) is 13.6. The lowest BCUT2D eigenvalue weighted by molar-refractivity contribution is -0.126. The Morgan fingerprint density at radius 2 is 1.62 bits per heavy atom. The average Bonchev–Trinajstić information content (AvgIpc) is 2.81. The summed E-state index contributed by atoms with van der Waals surface area (Å²) < 4.78 is 28.4. The van der Waals surface area contributed by atoms with Crippen LogP contribution >= 0.6 is 0 Å². The van der Waals surface area contributed by atoms with E-state index in [-0.39, 0.29) is 11.8 Å². The van der Waals surface area contributed by atoms with Gasteiger partial charge in [-0.05, 0) is 88.4 Å². The summed E-state index contributed by atoms with van der Waals surface area (Å²) in [6.07, 6.45) is 2.00. The van der Waals surface area contributed by atoms with Gasteiger partial charge in [0, 0.05) is 32.1 Å². The van der Waals surface area contributed by atoms with E-state index < -0.39 is 10.0 Å². The maximum atomic E-state index is 13.4. The molecule has 34 heavy (non-hydrogen) atoms. The number of hydrogen-bond donors (Lipinski definition) is 1. The molecule has 1 aliphatic heterocycles. The molecule has 0 unspecified atom stereocenters. The van der Waals surface area contributed by atoms with Crippen molar-refractivity contribution in [2.24, 2.45) is 5.92 Å². The molecule has 7 heteroatoms. The van der Waals surface area contributed by atoms with Crippen LogP contribution in [0.2, 0.25) is 0 Å². The van der Waals surface area contributed by atoms with Gasteiger partial charge in [0.25, 0.3) is 0 Å². The molecule has 0 bridgehead atoms. The Morgan fingerprint density at radius 3 is 2.21 bits per heavy atom. The van der Waals surface area contributed by atoms with Crippen LogP contribution in [0.1, 0.15) is 47.1 Å². The molecular weight excluding hydrogens is 446 g/mol. The standard InChI is InChI=1S/C27H39N3O3S/c1-20-18-21(2)23(4)26(22(20)3)34(32,33)30-16-12-25(13-17-30)27(31)28-14-9-15-29(5)19-24-10-7-6-8-11-24/h6-8,10-11,18,25H,9,12-17,19H2,1-5H3,(H,28,31). The lowest BCUT2D eigenvalue weighted by atomic mass is 9.97. The molecule has 1 N–H and O–H groups in total. The minimum absolute atomic E-state index is 0.0431. The first-order chi connectivity index (χ1) is 16.1. The van der Waals surface area contributed by atoms with Crippen LogP contribution in [0.15, 0.2) is 41.3 Å². The van der Waals surface area contributed by atoms with Gasteiger partial charge in [0.15, 0.2) is 0 Å². The SMILES string of the molecule is Cc1cc(C)c(C)c(S(=O)(=O)N2CCC(C(=O)NCCCN(C)Cc3ccccc3)CC2)c1C. The van der Waals surface area contributed by atoms with E-state index in [2.05, 4.69) is 29.4 Å². The lowest BCUT2D eigenvalue weighted by Crippen LogP contribution is -2.43. The first kappa shape index (κ1) is 26.4. The van der Waals surface area contributed by atoms with Crippen molar-refractivity contribution in [2.75, 3.05) is 33.2 Å². The number of amides is 1. The third-order valence-corrected chi connectivity index (χ3v) is 9.20. The number of sulfonamides is 1. The Kier molecular flexibility index (Phi) is 8.90. The molecule has 3 rings (SSSR count). The Labute approximate surface area is 205 Å². The van der Waals surface area contributed by atoms with E-state index in [4.69, 9.17) is 0 Å². The second-order valence-electron chi connectivity index (χ2n) is 9.64. The fourth-order valence-electron chi connectivity index (χ4n) is 4.73. The minimum atomic E-state index is -3.58.